The van der Waals surface area contributed by atoms with E-state index in [4.69, 9.17) is 0 Å². The third kappa shape index (κ3) is 18.5. The molecule has 0 aliphatic heterocycles. The van der Waals surface area contributed by atoms with Crippen molar-refractivity contribution in [1.82, 2.24) is 0 Å². The van der Waals surface area contributed by atoms with E-state index in [0.29, 0.717) is 0 Å². The molecule has 20 valence electrons. The molecule has 0 saturated heterocycles. The molecule has 0 radical (unpaired) electrons. The minimum atomic E-state index is 0. The van der Waals surface area contributed by atoms with Crippen LogP contribution in [0, 0.1) is 0 Å². The van der Waals surface area contributed by atoms with Crippen LogP contribution in [0.1, 0.15) is 0 Å². The van der Waals surface area contributed by atoms with Gasteiger partial charge < -0.3 is 27.0 Å². The summed E-state index contributed by atoms with van der Waals surface area (Å²) in [5, 5.41) is 0. The summed E-state index contributed by atoms with van der Waals surface area (Å²) in [4.78, 5) is 0. The molecule has 0 aromatic rings. The molecule has 0 bridgehead atoms. The van der Waals surface area contributed by atoms with E-state index in [0.717, 1.165) is 0 Å². The van der Waals surface area contributed by atoms with Crippen LogP contribution < -0.4 is 0 Å². The van der Waals surface area contributed by atoms with Gasteiger partial charge in [0.25, 0.3) is 0 Å². The standard InChI is InChI=1S/3Hg.2H2S/h;;;2*1H2/q;;+2;;/p-2. The molecule has 0 rings (SSSR count). The first kappa shape index (κ1) is 39.0. The molecule has 0 amide bonds. The van der Waals surface area contributed by atoms with Crippen molar-refractivity contribution in [2.45, 2.75) is 0 Å². The fourth-order valence-corrected chi connectivity index (χ4v) is 0. The largest absolute Gasteiger partial charge is 2.00 e. The second-order valence-corrected chi connectivity index (χ2v) is 0. The van der Waals surface area contributed by atoms with Gasteiger partial charge in [0.15, 0.2) is 0 Å². The normalized spacial score (nSPS) is 0. The fourth-order valence-electron chi connectivity index (χ4n) is 0. The summed E-state index contributed by atoms with van der Waals surface area (Å²) in [6.07, 6.45) is 0. The summed E-state index contributed by atoms with van der Waals surface area (Å²) in [6, 6.07) is 0. The Balaban J connectivity index is 0. The van der Waals surface area contributed by atoms with Gasteiger partial charge in [-0.2, -0.15) is 0 Å². The van der Waals surface area contributed by atoms with E-state index in [1.165, 1.54) is 0 Å². The Morgan fingerprint density at radius 1 is 0.600 bits per heavy atom. The smallest absolute Gasteiger partial charge is 0.813 e. The van der Waals surface area contributed by atoms with Crippen LogP contribution >= 0.6 is 0 Å². The molecule has 0 aromatic carbocycles. The molecule has 0 nitrogen and oxygen atoms in total. The van der Waals surface area contributed by atoms with Crippen LogP contribution in [-0.2, 0) is 110 Å². The maximum atomic E-state index is 0. The number of rotatable bonds is 0. The molecule has 0 N–H and O–H groups in total. The maximum Gasteiger partial charge on any atom is 2.00 e. The average molecular weight is 668 g/mol. The molecular weight excluding hydrogens is 666 g/mol. The molecule has 0 atom stereocenters. The van der Waals surface area contributed by atoms with E-state index >= 15 is 0 Å². The quantitative estimate of drug-likeness (QED) is 0.194. The van der Waals surface area contributed by atoms with Gasteiger partial charge in [0, 0.05) is 55.3 Å². The van der Waals surface area contributed by atoms with Gasteiger partial charge in [-0.1, -0.05) is 0 Å². The first-order valence-electron chi connectivity index (χ1n) is 0. The van der Waals surface area contributed by atoms with Crippen molar-refractivity contribution in [1.29, 1.82) is 0 Å². The molecule has 0 spiro atoms. The zero-order valence-corrected chi connectivity index (χ0v) is 21.3. The van der Waals surface area contributed by atoms with Crippen LogP contribution in [0.15, 0.2) is 0 Å². The van der Waals surface area contributed by atoms with Crippen molar-refractivity contribution in [2.24, 2.45) is 0 Å². The first-order valence-corrected chi connectivity index (χ1v) is 0. The maximum absolute atomic E-state index is 0. The van der Waals surface area contributed by atoms with Gasteiger partial charge in [0.05, 0.1) is 0 Å². The van der Waals surface area contributed by atoms with Gasteiger partial charge in [0.2, 0.25) is 0 Å². The zero-order chi connectivity index (χ0) is 0. The first-order chi connectivity index (χ1) is 0. The number of hydrogen-bond acceptors (Lipinski definition) is 2. The molecule has 0 aliphatic carbocycles. The van der Waals surface area contributed by atoms with Crippen LogP contribution in [0.4, 0.5) is 0 Å². The second kappa shape index (κ2) is 25.8. The Labute approximate surface area is 108 Å². The van der Waals surface area contributed by atoms with Crippen LogP contribution in [-0.4, -0.2) is 0 Å². The van der Waals surface area contributed by atoms with Crippen LogP contribution in [0.5, 0.6) is 0 Å². The van der Waals surface area contributed by atoms with Crippen LogP contribution in [0.3, 0.4) is 0 Å². The van der Waals surface area contributed by atoms with Gasteiger partial charge in [-0.3, -0.25) is 0 Å². The topological polar surface area (TPSA) is 0 Å². The summed E-state index contributed by atoms with van der Waals surface area (Å²) in [7, 11) is 0. The number of hydrogen-bond donors (Lipinski definition) is 0. The van der Waals surface area contributed by atoms with E-state index in [9.17, 15) is 0 Å². The molecule has 0 saturated carbocycles. The van der Waals surface area contributed by atoms with E-state index < -0.39 is 0 Å². The van der Waals surface area contributed by atoms with Crippen molar-refractivity contribution in [2.75, 3.05) is 0 Å². The second-order valence-electron chi connectivity index (χ2n) is 0. The van der Waals surface area contributed by atoms with E-state index in [1.54, 1.807) is 0 Å². The predicted molar refractivity (Wildman–Crippen MR) is 17.5 cm³/mol. The van der Waals surface area contributed by atoms with Crippen molar-refractivity contribution in [3.63, 3.8) is 0 Å². The molecular formula is H2Hg3S2. The average Bonchev–Trinajstić information content (AvgIpc) is 0. The Bertz CT molecular complexity index is 4.85. The van der Waals surface area contributed by atoms with Gasteiger partial charge in [-0.15, -0.1) is 0 Å². The van der Waals surface area contributed by atoms with Crippen molar-refractivity contribution < 1.29 is 83.0 Å². The molecule has 5 heteroatoms. The molecule has 0 fully saturated rings. The summed E-state index contributed by atoms with van der Waals surface area (Å²) in [5.74, 6) is 0. The minimum absolute atomic E-state index is 0. The van der Waals surface area contributed by atoms with Gasteiger partial charge in [-0.05, 0) is 0 Å². The van der Waals surface area contributed by atoms with Crippen LogP contribution in [0.2, 0.25) is 0 Å². The third-order valence-electron chi connectivity index (χ3n) is 0. The molecule has 0 heterocycles. The Kier molecular flexibility index (Phi) is 202. The third-order valence-corrected chi connectivity index (χ3v) is 0. The van der Waals surface area contributed by atoms with E-state index in [2.05, 4.69) is 0 Å². The Morgan fingerprint density at radius 2 is 0.600 bits per heavy atom. The Morgan fingerprint density at radius 3 is 0.600 bits per heavy atom. The summed E-state index contributed by atoms with van der Waals surface area (Å²) in [6.45, 7) is 0. The summed E-state index contributed by atoms with van der Waals surface area (Å²) >= 11 is 0. The van der Waals surface area contributed by atoms with E-state index in [1.807, 2.05) is 0 Å². The van der Waals surface area contributed by atoms with Crippen molar-refractivity contribution >= 4 is 27.0 Å². The molecule has 0 unspecified atom stereocenters. The van der Waals surface area contributed by atoms with Crippen molar-refractivity contribution in [3.05, 3.63) is 0 Å². The van der Waals surface area contributed by atoms with Crippen LogP contribution in [0.25, 0.3) is 0 Å². The summed E-state index contributed by atoms with van der Waals surface area (Å²) < 4.78 is 0. The molecule has 0 aromatic heterocycles. The SMILES string of the molecule is [Hg+2].[Hg].[Hg].[SH-].[SH-]. The van der Waals surface area contributed by atoms with Gasteiger partial charge in [0.1, 0.15) is 0 Å². The zero-order valence-electron chi connectivity index (χ0n) is 3.02. The van der Waals surface area contributed by atoms with Gasteiger partial charge >= 0.3 is 27.7 Å². The Hall–Kier alpha value is 3.51. The minimum Gasteiger partial charge on any atom is -0.813 e. The van der Waals surface area contributed by atoms with Gasteiger partial charge in [-0.25, -0.2) is 0 Å². The van der Waals surface area contributed by atoms with Crippen molar-refractivity contribution in [3.8, 4) is 0 Å². The summed E-state index contributed by atoms with van der Waals surface area (Å²) in [5.41, 5.74) is 0. The fraction of sp³-hybridized carbons (Fsp3) is 0. The molecule has 0 aliphatic rings. The number of thiol groups is 2. The molecule has 5 heavy (non-hydrogen) atoms. The van der Waals surface area contributed by atoms with E-state index in [-0.39, 0.29) is 110 Å². The monoisotopic (exact) mass is 672 g/mol. The predicted octanol–water partition coefficient (Wildman–Crippen LogP) is -0.548.